The van der Waals surface area contributed by atoms with Gasteiger partial charge in [-0.3, -0.25) is 9.59 Å². The quantitative estimate of drug-likeness (QED) is 0.754. The fraction of sp³-hybridized carbons (Fsp3) is 0.692. The highest BCUT2D eigenvalue weighted by molar-refractivity contribution is 5.98. The molecule has 96 valence electrons. The highest BCUT2D eigenvalue weighted by Gasteiger charge is 2.45. The zero-order valence-corrected chi connectivity index (χ0v) is 11.2. The largest absolute Gasteiger partial charge is 0.345 e. The molecular weight excluding hydrogens is 216 g/mol. The van der Waals surface area contributed by atoms with Crippen molar-refractivity contribution in [1.82, 2.24) is 10.2 Å². The lowest BCUT2D eigenvalue weighted by Crippen LogP contribution is -2.66. The van der Waals surface area contributed by atoms with Gasteiger partial charge in [-0.2, -0.15) is 0 Å². The SMILES string of the molecule is CCC1(CC)C(=O)NCC(=O)N1CC=C(C)C. The van der Waals surface area contributed by atoms with Crippen molar-refractivity contribution in [2.45, 2.75) is 46.1 Å². The van der Waals surface area contributed by atoms with Crippen LogP contribution in [0.1, 0.15) is 40.5 Å². The van der Waals surface area contributed by atoms with Gasteiger partial charge in [-0.05, 0) is 26.7 Å². The molecule has 0 bridgehead atoms. The standard InChI is InChI=1S/C13H22N2O2/c1-5-13(6-2)12(17)14-9-11(16)15(13)8-7-10(3)4/h7H,5-6,8-9H2,1-4H3,(H,14,17). The number of carbonyl (C=O) groups is 2. The van der Waals surface area contributed by atoms with Crippen molar-refractivity contribution < 1.29 is 9.59 Å². The minimum absolute atomic E-state index is 0.00537. The number of nitrogens with zero attached hydrogens (tertiary/aromatic N) is 1. The van der Waals surface area contributed by atoms with E-state index in [0.717, 1.165) is 5.57 Å². The van der Waals surface area contributed by atoms with E-state index in [-0.39, 0.29) is 18.4 Å². The van der Waals surface area contributed by atoms with Crippen LogP contribution in [-0.2, 0) is 9.59 Å². The molecule has 0 aromatic carbocycles. The van der Waals surface area contributed by atoms with E-state index >= 15 is 0 Å². The fourth-order valence-electron chi connectivity index (χ4n) is 2.28. The predicted molar refractivity (Wildman–Crippen MR) is 67.5 cm³/mol. The number of piperazine rings is 1. The molecule has 0 atom stereocenters. The first kappa shape index (κ1) is 13.7. The van der Waals surface area contributed by atoms with Gasteiger partial charge in [0.2, 0.25) is 11.8 Å². The van der Waals surface area contributed by atoms with Crippen LogP contribution in [0.3, 0.4) is 0 Å². The molecule has 4 nitrogen and oxygen atoms in total. The average molecular weight is 238 g/mol. The maximum Gasteiger partial charge on any atom is 0.246 e. The summed E-state index contributed by atoms with van der Waals surface area (Å²) in [6.07, 6.45) is 3.30. The van der Waals surface area contributed by atoms with Gasteiger partial charge in [0.1, 0.15) is 5.54 Å². The minimum atomic E-state index is -0.665. The Morgan fingerprint density at radius 1 is 1.35 bits per heavy atom. The third-order valence-electron chi connectivity index (χ3n) is 3.49. The number of hydrogen-bond donors (Lipinski definition) is 1. The fourth-order valence-corrected chi connectivity index (χ4v) is 2.28. The third kappa shape index (κ3) is 2.51. The maximum atomic E-state index is 12.1. The molecule has 0 unspecified atom stereocenters. The Balaban J connectivity index is 3.03. The van der Waals surface area contributed by atoms with Crippen molar-refractivity contribution in [3.8, 4) is 0 Å². The molecule has 2 amide bonds. The molecule has 1 heterocycles. The average Bonchev–Trinajstić information content (AvgIpc) is 2.30. The van der Waals surface area contributed by atoms with Crippen molar-refractivity contribution in [3.05, 3.63) is 11.6 Å². The lowest BCUT2D eigenvalue weighted by Gasteiger charge is -2.44. The van der Waals surface area contributed by atoms with Gasteiger partial charge in [0.15, 0.2) is 0 Å². The molecule has 0 aliphatic carbocycles. The Hall–Kier alpha value is -1.32. The first-order chi connectivity index (χ1) is 7.97. The molecule has 0 radical (unpaired) electrons. The number of nitrogens with one attached hydrogen (secondary N) is 1. The van der Waals surface area contributed by atoms with E-state index in [1.54, 1.807) is 4.90 Å². The van der Waals surface area contributed by atoms with Gasteiger partial charge in [0, 0.05) is 6.54 Å². The first-order valence-corrected chi connectivity index (χ1v) is 6.20. The molecule has 1 aliphatic rings. The number of amides is 2. The third-order valence-corrected chi connectivity index (χ3v) is 3.49. The van der Waals surface area contributed by atoms with Crippen LogP contribution in [0, 0.1) is 0 Å². The van der Waals surface area contributed by atoms with Crippen LogP contribution in [0.2, 0.25) is 0 Å². The van der Waals surface area contributed by atoms with E-state index in [4.69, 9.17) is 0 Å². The Kier molecular flexibility index (Phi) is 4.32. The van der Waals surface area contributed by atoms with Gasteiger partial charge in [-0.15, -0.1) is 0 Å². The highest BCUT2D eigenvalue weighted by atomic mass is 16.2. The molecule has 0 aromatic rings. The van der Waals surface area contributed by atoms with Crippen molar-refractivity contribution in [2.24, 2.45) is 0 Å². The molecule has 0 aromatic heterocycles. The molecule has 1 fully saturated rings. The first-order valence-electron chi connectivity index (χ1n) is 6.20. The molecule has 4 heteroatoms. The highest BCUT2D eigenvalue weighted by Crippen LogP contribution is 2.27. The smallest absolute Gasteiger partial charge is 0.246 e. The van der Waals surface area contributed by atoms with E-state index in [1.807, 2.05) is 33.8 Å². The van der Waals surface area contributed by atoms with E-state index in [2.05, 4.69) is 5.32 Å². The van der Waals surface area contributed by atoms with Gasteiger partial charge >= 0.3 is 0 Å². The number of allylic oxidation sites excluding steroid dienone is 1. The van der Waals surface area contributed by atoms with Crippen LogP contribution >= 0.6 is 0 Å². The summed E-state index contributed by atoms with van der Waals surface area (Å²) in [5.74, 6) is -0.0185. The Morgan fingerprint density at radius 3 is 2.41 bits per heavy atom. The van der Waals surface area contributed by atoms with Crippen molar-refractivity contribution in [1.29, 1.82) is 0 Å². The van der Waals surface area contributed by atoms with Crippen LogP contribution in [-0.4, -0.2) is 35.3 Å². The summed E-state index contributed by atoms with van der Waals surface area (Å²) in [6.45, 7) is 8.55. The van der Waals surface area contributed by atoms with E-state index in [0.29, 0.717) is 19.4 Å². The van der Waals surface area contributed by atoms with Gasteiger partial charge in [0.05, 0.1) is 6.54 Å². The second-order valence-electron chi connectivity index (χ2n) is 4.71. The summed E-state index contributed by atoms with van der Waals surface area (Å²) in [5, 5.41) is 2.69. The summed E-state index contributed by atoms with van der Waals surface area (Å²) in [5.41, 5.74) is 0.492. The van der Waals surface area contributed by atoms with Crippen LogP contribution in [0.4, 0.5) is 0 Å². The Labute approximate surface area is 103 Å². The lowest BCUT2D eigenvalue weighted by molar-refractivity contribution is -0.153. The van der Waals surface area contributed by atoms with Gasteiger partial charge < -0.3 is 10.2 Å². The summed E-state index contributed by atoms with van der Waals surface area (Å²) in [7, 11) is 0. The van der Waals surface area contributed by atoms with Crippen molar-refractivity contribution in [3.63, 3.8) is 0 Å². The molecule has 1 saturated heterocycles. The van der Waals surface area contributed by atoms with Crippen molar-refractivity contribution >= 4 is 11.8 Å². The number of rotatable bonds is 4. The topological polar surface area (TPSA) is 49.4 Å². The molecule has 1 rings (SSSR count). The summed E-state index contributed by atoms with van der Waals surface area (Å²) in [6, 6.07) is 0. The molecular formula is C13H22N2O2. The molecule has 0 spiro atoms. The van der Waals surface area contributed by atoms with Crippen LogP contribution in [0.15, 0.2) is 11.6 Å². The lowest BCUT2D eigenvalue weighted by atomic mass is 9.87. The Bertz CT molecular complexity index is 339. The molecule has 1 aliphatic heterocycles. The summed E-state index contributed by atoms with van der Waals surface area (Å²) < 4.78 is 0. The summed E-state index contributed by atoms with van der Waals surface area (Å²) >= 11 is 0. The van der Waals surface area contributed by atoms with E-state index < -0.39 is 5.54 Å². The van der Waals surface area contributed by atoms with Crippen molar-refractivity contribution in [2.75, 3.05) is 13.1 Å². The molecule has 17 heavy (non-hydrogen) atoms. The second kappa shape index (κ2) is 5.34. The number of carbonyl (C=O) groups excluding carboxylic acids is 2. The van der Waals surface area contributed by atoms with Crippen LogP contribution in [0.25, 0.3) is 0 Å². The zero-order valence-electron chi connectivity index (χ0n) is 11.2. The van der Waals surface area contributed by atoms with Gasteiger partial charge in [0.25, 0.3) is 0 Å². The summed E-state index contributed by atoms with van der Waals surface area (Å²) in [4.78, 5) is 25.7. The van der Waals surface area contributed by atoms with Gasteiger partial charge in [-0.1, -0.05) is 25.5 Å². The monoisotopic (exact) mass is 238 g/mol. The Morgan fingerprint density at radius 2 is 1.94 bits per heavy atom. The van der Waals surface area contributed by atoms with E-state index in [1.165, 1.54) is 0 Å². The van der Waals surface area contributed by atoms with Crippen LogP contribution < -0.4 is 5.32 Å². The number of hydrogen-bond acceptors (Lipinski definition) is 2. The van der Waals surface area contributed by atoms with E-state index in [9.17, 15) is 9.59 Å². The second-order valence-corrected chi connectivity index (χ2v) is 4.71. The minimum Gasteiger partial charge on any atom is -0.345 e. The predicted octanol–water partition coefficient (Wildman–Crippen LogP) is 1.47. The van der Waals surface area contributed by atoms with Crippen LogP contribution in [0.5, 0.6) is 0 Å². The van der Waals surface area contributed by atoms with Gasteiger partial charge in [-0.25, -0.2) is 0 Å². The molecule has 1 N–H and O–H groups in total. The normalized spacial score (nSPS) is 18.9. The maximum absolute atomic E-state index is 12.1. The molecule has 0 saturated carbocycles. The zero-order chi connectivity index (χ0) is 13.1.